The molecule has 1 aliphatic heterocycles. The van der Waals surface area contributed by atoms with Gasteiger partial charge in [0.1, 0.15) is 10.6 Å². The maximum absolute atomic E-state index is 13.3. The fourth-order valence-corrected chi connectivity index (χ4v) is 6.24. The van der Waals surface area contributed by atoms with Crippen molar-refractivity contribution in [2.45, 2.75) is 75.8 Å². The Morgan fingerprint density at radius 2 is 1.82 bits per heavy atom. The molecule has 0 aromatic heterocycles. The summed E-state index contributed by atoms with van der Waals surface area (Å²) in [6.45, 7) is 4.60. The van der Waals surface area contributed by atoms with E-state index in [4.69, 9.17) is 4.74 Å². The maximum atomic E-state index is 13.3. The normalized spacial score (nSPS) is 26.6. The molecule has 1 aromatic carbocycles. The standard InChI is InChI=1S/C21H32N2O4S/c1-15-8-4-5-10-18(15)22-21(24)17-11-12-19(27-3)20(14-17)28(25,26)23-13-7-6-9-16(23)2/h11-12,14-16,18H,4-10,13H2,1-3H3,(H,22,24)/t15-,16+,18-/m1/s1. The number of hydrogen-bond acceptors (Lipinski definition) is 4. The maximum Gasteiger partial charge on any atom is 0.251 e. The first-order valence-corrected chi connectivity index (χ1v) is 11.8. The third kappa shape index (κ3) is 4.35. The van der Waals surface area contributed by atoms with Crippen molar-refractivity contribution in [3.05, 3.63) is 23.8 Å². The highest BCUT2D eigenvalue weighted by Gasteiger charge is 2.34. The van der Waals surface area contributed by atoms with E-state index in [1.165, 1.54) is 19.6 Å². The van der Waals surface area contributed by atoms with Crippen molar-refractivity contribution in [3.8, 4) is 5.75 Å². The molecule has 3 rings (SSSR count). The van der Waals surface area contributed by atoms with Crippen molar-refractivity contribution in [1.82, 2.24) is 9.62 Å². The fourth-order valence-electron chi connectivity index (χ4n) is 4.36. The quantitative estimate of drug-likeness (QED) is 0.808. The van der Waals surface area contributed by atoms with Gasteiger partial charge in [-0.25, -0.2) is 8.42 Å². The molecule has 2 fully saturated rings. The van der Waals surface area contributed by atoms with Crippen LogP contribution in [0.5, 0.6) is 5.75 Å². The summed E-state index contributed by atoms with van der Waals surface area (Å²) in [6.07, 6.45) is 7.13. The zero-order chi connectivity index (χ0) is 20.3. The molecule has 7 heteroatoms. The molecule has 2 aliphatic rings. The number of sulfonamides is 1. The van der Waals surface area contributed by atoms with Crippen molar-refractivity contribution >= 4 is 15.9 Å². The molecule has 0 spiro atoms. The van der Waals surface area contributed by atoms with Crippen molar-refractivity contribution in [1.29, 1.82) is 0 Å². The number of ether oxygens (including phenoxy) is 1. The van der Waals surface area contributed by atoms with Gasteiger partial charge in [0.15, 0.2) is 0 Å². The van der Waals surface area contributed by atoms with Crippen LogP contribution in [-0.4, -0.2) is 44.4 Å². The molecule has 1 saturated carbocycles. The molecule has 1 saturated heterocycles. The van der Waals surface area contributed by atoms with E-state index in [1.54, 1.807) is 16.4 Å². The topological polar surface area (TPSA) is 75.7 Å². The number of carbonyl (C=O) groups is 1. The lowest BCUT2D eigenvalue weighted by Gasteiger charge is -2.32. The molecular weight excluding hydrogens is 376 g/mol. The number of amides is 1. The highest BCUT2D eigenvalue weighted by atomic mass is 32.2. The van der Waals surface area contributed by atoms with Gasteiger partial charge in [-0.3, -0.25) is 4.79 Å². The molecule has 1 heterocycles. The summed E-state index contributed by atoms with van der Waals surface area (Å²) in [5.41, 5.74) is 0.363. The van der Waals surface area contributed by atoms with Crippen LogP contribution in [0.15, 0.2) is 23.1 Å². The minimum absolute atomic E-state index is 0.0518. The molecule has 3 atom stereocenters. The summed E-state index contributed by atoms with van der Waals surface area (Å²) in [5, 5.41) is 3.10. The Kier molecular flexibility index (Phi) is 6.65. The van der Waals surface area contributed by atoms with Crippen molar-refractivity contribution in [3.63, 3.8) is 0 Å². The highest BCUT2D eigenvalue weighted by Crippen LogP contribution is 2.32. The Labute approximate surface area is 168 Å². The number of rotatable bonds is 5. The van der Waals surface area contributed by atoms with Crippen LogP contribution in [0.1, 0.15) is 69.2 Å². The first-order chi connectivity index (χ1) is 13.3. The smallest absolute Gasteiger partial charge is 0.251 e. The van der Waals surface area contributed by atoms with E-state index in [9.17, 15) is 13.2 Å². The molecule has 0 radical (unpaired) electrons. The van der Waals surface area contributed by atoms with Gasteiger partial charge in [-0.05, 0) is 56.7 Å². The third-order valence-electron chi connectivity index (χ3n) is 6.18. The molecule has 0 unspecified atom stereocenters. The Bertz CT molecular complexity index is 809. The molecule has 1 amide bonds. The van der Waals surface area contributed by atoms with Crippen molar-refractivity contribution in [2.75, 3.05) is 13.7 Å². The molecule has 1 aliphatic carbocycles. The first-order valence-electron chi connectivity index (χ1n) is 10.4. The zero-order valence-electron chi connectivity index (χ0n) is 17.1. The van der Waals surface area contributed by atoms with E-state index in [0.29, 0.717) is 18.0 Å². The predicted molar refractivity (Wildman–Crippen MR) is 109 cm³/mol. The minimum Gasteiger partial charge on any atom is -0.495 e. The van der Waals surface area contributed by atoms with E-state index in [0.717, 1.165) is 38.5 Å². The Morgan fingerprint density at radius 3 is 2.50 bits per heavy atom. The number of methoxy groups -OCH3 is 1. The second-order valence-electron chi connectivity index (χ2n) is 8.17. The molecule has 0 bridgehead atoms. The average Bonchev–Trinajstić information content (AvgIpc) is 2.69. The summed E-state index contributed by atoms with van der Waals surface area (Å²) in [5.74, 6) is 0.498. The van der Waals surface area contributed by atoms with Gasteiger partial charge < -0.3 is 10.1 Å². The number of nitrogens with one attached hydrogen (secondary N) is 1. The van der Waals surface area contributed by atoms with Crippen LogP contribution >= 0.6 is 0 Å². The van der Waals surface area contributed by atoms with E-state index in [2.05, 4.69) is 12.2 Å². The number of benzene rings is 1. The molecule has 28 heavy (non-hydrogen) atoms. The lowest BCUT2D eigenvalue weighted by atomic mass is 9.86. The third-order valence-corrected chi connectivity index (χ3v) is 8.22. The zero-order valence-corrected chi connectivity index (χ0v) is 17.9. The summed E-state index contributed by atoms with van der Waals surface area (Å²) in [7, 11) is -2.27. The van der Waals surface area contributed by atoms with Crippen LogP contribution in [0.2, 0.25) is 0 Å². The van der Waals surface area contributed by atoms with Gasteiger partial charge in [-0.2, -0.15) is 4.31 Å². The second kappa shape index (κ2) is 8.82. The van der Waals surface area contributed by atoms with Gasteiger partial charge in [0.05, 0.1) is 7.11 Å². The van der Waals surface area contributed by atoms with Gasteiger partial charge in [-0.15, -0.1) is 0 Å². The molecule has 156 valence electrons. The van der Waals surface area contributed by atoms with Crippen LogP contribution in [0.3, 0.4) is 0 Å². The van der Waals surface area contributed by atoms with Crippen LogP contribution in [0, 0.1) is 5.92 Å². The van der Waals surface area contributed by atoms with Crippen LogP contribution < -0.4 is 10.1 Å². The first kappa shape index (κ1) is 21.1. The van der Waals surface area contributed by atoms with E-state index in [1.807, 2.05) is 6.92 Å². The lowest BCUT2D eigenvalue weighted by Crippen LogP contribution is -2.42. The monoisotopic (exact) mass is 408 g/mol. The Hall–Kier alpha value is -1.60. The van der Waals surface area contributed by atoms with E-state index < -0.39 is 10.0 Å². The largest absolute Gasteiger partial charge is 0.495 e. The van der Waals surface area contributed by atoms with Gasteiger partial charge in [0.2, 0.25) is 10.0 Å². The van der Waals surface area contributed by atoms with Crippen LogP contribution in [-0.2, 0) is 10.0 Å². The van der Waals surface area contributed by atoms with Gasteiger partial charge in [0, 0.05) is 24.2 Å². The van der Waals surface area contributed by atoms with E-state index >= 15 is 0 Å². The molecular formula is C21H32N2O4S. The summed E-state index contributed by atoms with van der Waals surface area (Å²) < 4.78 is 33.5. The number of piperidine rings is 1. The summed E-state index contributed by atoms with van der Waals surface area (Å²) >= 11 is 0. The van der Waals surface area contributed by atoms with Crippen molar-refractivity contribution in [2.24, 2.45) is 5.92 Å². The molecule has 1 N–H and O–H groups in total. The van der Waals surface area contributed by atoms with Gasteiger partial charge in [-0.1, -0.05) is 26.2 Å². The average molecular weight is 409 g/mol. The Balaban J connectivity index is 1.88. The summed E-state index contributed by atoms with van der Waals surface area (Å²) in [6, 6.07) is 4.79. The van der Waals surface area contributed by atoms with Crippen LogP contribution in [0.25, 0.3) is 0 Å². The van der Waals surface area contributed by atoms with Crippen LogP contribution in [0.4, 0.5) is 0 Å². The fraction of sp³-hybridized carbons (Fsp3) is 0.667. The lowest BCUT2D eigenvalue weighted by molar-refractivity contribution is 0.0910. The summed E-state index contributed by atoms with van der Waals surface area (Å²) in [4.78, 5) is 12.9. The number of nitrogens with zero attached hydrogens (tertiary/aromatic N) is 1. The second-order valence-corrected chi connectivity index (χ2v) is 10.0. The van der Waals surface area contributed by atoms with Gasteiger partial charge in [0.25, 0.3) is 5.91 Å². The Morgan fingerprint density at radius 1 is 1.11 bits per heavy atom. The van der Waals surface area contributed by atoms with Gasteiger partial charge >= 0.3 is 0 Å². The minimum atomic E-state index is -3.73. The highest BCUT2D eigenvalue weighted by molar-refractivity contribution is 7.89. The molecule has 1 aromatic rings. The molecule has 6 nitrogen and oxygen atoms in total. The SMILES string of the molecule is COc1ccc(C(=O)N[C@@H]2CCCC[C@H]2C)cc1S(=O)(=O)N1CCCC[C@@H]1C. The van der Waals surface area contributed by atoms with Crippen molar-refractivity contribution < 1.29 is 17.9 Å². The number of hydrogen-bond donors (Lipinski definition) is 1. The number of carbonyl (C=O) groups excluding carboxylic acids is 1. The van der Waals surface area contributed by atoms with E-state index in [-0.39, 0.29) is 28.6 Å². The predicted octanol–water partition coefficient (Wildman–Crippen LogP) is 3.57.